The second-order valence-corrected chi connectivity index (χ2v) is 4.03. The number of hydrogen-bond donors (Lipinski definition) is 1. The van der Waals surface area contributed by atoms with Crippen LogP contribution in [0.2, 0.25) is 0 Å². The molecular weight excluding hydrogens is 200 g/mol. The largest absolute Gasteiger partial charge is 0.325 e. The standard InChI is InChI=1S/C12H16N4/c1-8-4-5-12(9(2)6-8)16-10(3)11(7-13)14-15-16/h4-6H,7,13H2,1-3H3. The summed E-state index contributed by atoms with van der Waals surface area (Å²) in [5.74, 6) is 0. The van der Waals surface area contributed by atoms with Crippen LogP contribution in [0.3, 0.4) is 0 Å². The van der Waals surface area contributed by atoms with E-state index in [0.717, 1.165) is 17.1 Å². The summed E-state index contributed by atoms with van der Waals surface area (Å²) >= 11 is 0. The maximum atomic E-state index is 5.59. The highest BCUT2D eigenvalue weighted by atomic mass is 15.4. The van der Waals surface area contributed by atoms with E-state index in [-0.39, 0.29) is 0 Å². The minimum absolute atomic E-state index is 0.427. The number of hydrogen-bond acceptors (Lipinski definition) is 3. The Kier molecular flexibility index (Phi) is 2.75. The zero-order valence-electron chi connectivity index (χ0n) is 9.86. The summed E-state index contributed by atoms with van der Waals surface area (Å²) < 4.78 is 1.84. The predicted molar refractivity (Wildman–Crippen MR) is 63.5 cm³/mol. The third kappa shape index (κ3) is 1.72. The monoisotopic (exact) mass is 216 g/mol. The second kappa shape index (κ2) is 4.06. The number of aryl methyl sites for hydroxylation is 2. The molecule has 16 heavy (non-hydrogen) atoms. The third-order valence-electron chi connectivity index (χ3n) is 2.76. The van der Waals surface area contributed by atoms with Crippen molar-refractivity contribution in [2.24, 2.45) is 5.73 Å². The van der Waals surface area contributed by atoms with Crippen LogP contribution in [-0.2, 0) is 6.54 Å². The predicted octanol–water partition coefficient (Wildman–Crippen LogP) is 1.65. The molecule has 0 atom stereocenters. The first-order chi connectivity index (χ1) is 7.63. The smallest absolute Gasteiger partial charge is 0.0996 e. The molecule has 4 heteroatoms. The quantitative estimate of drug-likeness (QED) is 0.830. The average Bonchev–Trinajstić information content (AvgIpc) is 2.60. The molecular formula is C12H16N4. The lowest BCUT2D eigenvalue weighted by Crippen LogP contribution is -2.03. The van der Waals surface area contributed by atoms with Crippen molar-refractivity contribution in [2.45, 2.75) is 27.3 Å². The second-order valence-electron chi connectivity index (χ2n) is 4.03. The average molecular weight is 216 g/mol. The number of aromatic nitrogens is 3. The van der Waals surface area contributed by atoms with Gasteiger partial charge in [-0.2, -0.15) is 0 Å². The van der Waals surface area contributed by atoms with Crippen LogP contribution in [0.4, 0.5) is 0 Å². The van der Waals surface area contributed by atoms with Gasteiger partial charge in [0.15, 0.2) is 0 Å². The Hall–Kier alpha value is -1.68. The van der Waals surface area contributed by atoms with Gasteiger partial charge in [-0.25, -0.2) is 4.68 Å². The normalized spacial score (nSPS) is 10.8. The van der Waals surface area contributed by atoms with Crippen molar-refractivity contribution in [1.29, 1.82) is 0 Å². The lowest BCUT2D eigenvalue weighted by Gasteiger charge is -2.08. The molecule has 0 amide bonds. The Morgan fingerprint density at radius 3 is 2.56 bits per heavy atom. The molecule has 84 valence electrons. The van der Waals surface area contributed by atoms with Crippen LogP contribution in [0, 0.1) is 20.8 Å². The van der Waals surface area contributed by atoms with Crippen LogP contribution >= 0.6 is 0 Å². The van der Waals surface area contributed by atoms with Gasteiger partial charge in [-0.3, -0.25) is 0 Å². The van der Waals surface area contributed by atoms with Gasteiger partial charge in [-0.1, -0.05) is 22.9 Å². The van der Waals surface area contributed by atoms with Gasteiger partial charge in [0.2, 0.25) is 0 Å². The van der Waals surface area contributed by atoms with Crippen LogP contribution in [0.5, 0.6) is 0 Å². The van der Waals surface area contributed by atoms with Crippen molar-refractivity contribution in [3.63, 3.8) is 0 Å². The first-order valence-electron chi connectivity index (χ1n) is 5.32. The molecule has 0 aliphatic heterocycles. The maximum Gasteiger partial charge on any atom is 0.0996 e. The molecule has 0 bridgehead atoms. The highest BCUT2D eigenvalue weighted by molar-refractivity contribution is 5.43. The fraction of sp³-hybridized carbons (Fsp3) is 0.333. The molecule has 1 aromatic carbocycles. The first kappa shape index (κ1) is 10.8. The maximum absolute atomic E-state index is 5.59. The minimum Gasteiger partial charge on any atom is -0.325 e. The van der Waals surface area contributed by atoms with Crippen molar-refractivity contribution in [3.8, 4) is 5.69 Å². The molecule has 4 nitrogen and oxygen atoms in total. The van der Waals surface area contributed by atoms with Crippen molar-refractivity contribution < 1.29 is 0 Å². The van der Waals surface area contributed by atoms with Crippen molar-refractivity contribution >= 4 is 0 Å². The Bertz CT molecular complexity index is 514. The summed E-state index contributed by atoms with van der Waals surface area (Å²) in [5.41, 5.74) is 10.9. The Morgan fingerprint density at radius 2 is 2.00 bits per heavy atom. The van der Waals surface area contributed by atoms with Gasteiger partial charge in [0.25, 0.3) is 0 Å². The van der Waals surface area contributed by atoms with E-state index in [9.17, 15) is 0 Å². The van der Waals surface area contributed by atoms with E-state index in [0.29, 0.717) is 6.54 Å². The minimum atomic E-state index is 0.427. The number of nitrogens with zero attached hydrogens (tertiary/aromatic N) is 3. The molecule has 2 rings (SSSR count). The van der Waals surface area contributed by atoms with Crippen LogP contribution in [0.1, 0.15) is 22.5 Å². The van der Waals surface area contributed by atoms with E-state index in [1.165, 1.54) is 11.1 Å². The molecule has 2 aromatic rings. The Morgan fingerprint density at radius 1 is 1.25 bits per heavy atom. The van der Waals surface area contributed by atoms with Gasteiger partial charge < -0.3 is 5.73 Å². The van der Waals surface area contributed by atoms with Crippen LogP contribution in [-0.4, -0.2) is 15.0 Å². The van der Waals surface area contributed by atoms with E-state index in [4.69, 9.17) is 5.73 Å². The summed E-state index contributed by atoms with van der Waals surface area (Å²) in [6.07, 6.45) is 0. The molecule has 0 spiro atoms. The van der Waals surface area contributed by atoms with E-state index in [2.05, 4.69) is 42.4 Å². The van der Waals surface area contributed by atoms with Gasteiger partial charge in [0, 0.05) is 6.54 Å². The molecule has 0 aliphatic carbocycles. The first-order valence-corrected chi connectivity index (χ1v) is 5.32. The molecule has 0 aliphatic rings. The van der Waals surface area contributed by atoms with Gasteiger partial charge in [0.1, 0.15) is 0 Å². The van der Waals surface area contributed by atoms with E-state index < -0.39 is 0 Å². The van der Waals surface area contributed by atoms with Crippen LogP contribution in [0.15, 0.2) is 18.2 Å². The summed E-state index contributed by atoms with van der Waals surface area (Å²) in [6, 6.07) is 6.27. The lowest BCUT2D eigenvalue weighted by atomic mass is 10.1. The van der Waals surface area contributed by atoms with E-state index >= 15 is 0 Å². The molecule has 0 saturated heterocycles. The van der Waals surface area contributed by atoms with Gasteiger partial charge in [-0.15, -0.1) is 5.10 Å². The van der Waals surface area contributed by atoms with Crippen LogP contribution in [0.25, 0.3) is 5.69 Å². The van der Waals surface area contributed by atoms with Crippen LogP contribution < -0.4 is 5.73 Å². The van der Waals surface area contributed by atoms with Crippen molar-refractivity contribution in [2.75, 3.05) is 0 Å². The van der Waals surface area contributed by atoms with Crippen molar-refractivity contribution in [3.05, 3.63) is 40.7 Å². The van der Waals surface area contributed by atoms with Crippen molar-refractivity contribution in [1.82, 2.24) is 15.0 Å². The molecule has 1 heterocycles. The SMILES string of the molecule is Cc1ccc(-n2nnc(CN)c2C)c(C)c1. The van der Waals surface area contributed by atoms with Gasteiger partial charge >= 0.3 is 0 Å². The fourth-order valence-electron chi connectivity index (χ4n) is 1.82. The lowest BCUT2D eigenvalue weighted by molar-refractivity contribution is 0.778. The summed E-state index contributed by atoms with van der Waals surface area (Å²) in [7, 11) is 0. The van der Waals surface area contributed by atoms with E-state index in [1.54, 1.807) is 0 Å². The fourth-order valence-corrected chi connectivity index (χ4v) is 1.82. The Labute approximate surface area is 95.1 Å². The highest BCUT2D eigenvalue weighted by Crippen LogP contribution is 2.17. The van der Waals surface area contributed by atoms with Gasteiger partial charge in [-0.05, 0) is 32.4 Å². The third-order valence-corrected chi connectivity index (χ3v) is 2.76. The molecule has 0 fully saturated rings. The molecule has 1 aromatic heterocycles. The molecule has 2 N–H and O–H groups in total. The number of benzene rings is 1. The summed E-state index contributed by atoms with van der Waals surface area (Å²) in [5, 5.41) is 8.20. The zero-order valence-corrected chi connectivity index (χ0v) is 9.86. The summed E-state index contributed by atoms with van der Waals surface area (Å²) in [6.45, 7) is 6.57. The number of rotatable bonds is 2. The summed E-state index contributed by atoms with van der Waals surface area (Å²) in [4.78, 5) is 0. The topological polar surface area (TPSA) is 56.7 Å². The Balaban J connectivity index is 2.54. The molecule has 0 saturated carbocycles. The van der Waals surface area contributed by atoms with E-state index in [1.807, 2.05) is 11.6 Å². The van der Waals surface area contributed by atoms with Gasteiger partial charge in [0.05, 0.1) is 17.1 Å². The number of nitrogens with two attached hydrogens (primary N) is 1. The zero-order chi connectivity index (χ0) is 11.7. The molecule has 0 radical (unpaired) electrons. The highest BCUT2D eigenvalue weighted by Gasteiger charge is 2.10. The molecule has 0 unspecified atom stereocenters.